The molecule has 1 amide bonds. The van der Waals surface area contributed by atoms with Gasteiger partial charge < -0.3 is 15.2 Å². The lowest BCUT2D eigenvalue weighted by molar-refractivity contribution is 0.102. The maximum absolute atomic E-state index is 13.1. The van der Waals surface area contributed by atoms with E-state index in [1.807, 2.05) is 67.7 Å². The van der Waals surface area contributed by atoms with Gasteiger partial charge in [0.15, 0.2) is 5.82 Å². The predicted molar refractivity (Wildman–Crippen MR) is 175 cm³/mol. The molecule has 0 spiro atoms. The number of anilines is 1. The number of hydrogen-bond acceptors (Lipinski definition) is 6. The van der Waals surface area contributed by atoms with Crippen LogP contribution in [0, 0.1) is 10.5 Å². The summed E-state index contributed by atoms with van der Waals surface area (Å²) in [6, 6.07) is 19.6. The molecule has 0 unspecified atom stereocenters. The van der Waals surface area contributed by atoms with Crippen molar-refractivity contribution >= 4 is 34.2 Å². The Balaban J connectivity index is 1.16. The highest BCUT2D eigenvalue weighted by molar-refractivity contribution is 14.1. The van der Waals surface area contributed by atoms with Crippen LogP contribution in [0.5, 0.6) is 0 Å². The molecule has 4 heterocycles. The van der Waals surface area contributed by atoms with Crippen LogP contribution in [0.4, 0.5) is 5.69 Å². The van der Waals surface area contributed by atoms with Crippen LogP contribution in [-0.2, 0) is 6.54 Å². The SMILES string of the molecule is Cc1c[nH]c(-c2ccc(NC(=O)c3ccc(CN4CCN(C)CC4)c(I)c3)cc2)c1-c1nccc(-c2cccnc2)n1. The zero-order valence-electron chi connectivity index (χ0n) is 23.6. The molecular weight excluding hydrogens is 637 g/mol. The van der Waals surface area contributed by atoms with Crippen molar-refractivity contribution in [2.45, 2.75) is 13.5 Å². The fourth-order valence-corrected chi connectivity index (χ4v) is 5.86. The zero-order chi connectivity index (χ0) is 29.1. The normalized spacial score (nSPS) is 14.2. The molecule has 6 rings (SSSR count). The van der Waals surface area contributed by atoms with E-state index >= 15 is 0 Å². The molecule has 212 valence electrons. The third-order valence-electron chi connectivity index (χ3n) is 7.65. The smallest absolute Gasteiger partial charge is 0.255 e. The molecule has 0 atom stereocenters. The van der Waals surface area contributed by atoms with Crippen LogP contribution < -0.4 is 5.32 Å². The Bertz CT molecular complexity index is 1690. The highest BCUT2D eigenvalue weighted by Crippen LogP contribution is 2.33. The van der Waals surface area contributed by atoms with Crippen molar-refractivity contribution in [3.8, 4) is 33.9 Å². The number of nitrogens with one attached hydrogen (secondary N) is 2. The summed E-state index contributed by atoms with van der Waals surface area (Å²) in [6.45, 7) is 7.27. The third kappa shape index (κ3) is 6.28. The Morgan fingerprint density at radius 1 is 1.00 bits per heavy atom. The molecule has 0 aliphatic carbocycles. The van der Waals surface area contributed by atoms with Crippen LogP contribution in [0.2, 0.25) is 0 Å². The number of carbonyl (C=O) groups is 1. The van der Waals surface area contributed by atoms with E-state index in [9.17, 15) is 4.79 Å². The van der Waals surface area contributed by atoms with Crippen molar-refractivity contribution < 1.29 is 4.79 Å². The average Bonchev–Trinajstić information content (AvgIpc) is 3.41. The summed E-state index contributed by atoms with van der Waals surface area (Å²) in [5, 5.41) is 3.05. The largest absolute Gasteiger partial charge is 0.360 e. The number of likely N-dealkylation sites (N-methyl/N-ethyl adjacent to an activating group) is 1. The molecule has 1 aliphatic heterocycles. The molecule has 8 nitrogen and oxygen atoms in total. The fraction of sp³-hybridized carbons (Fsp3) is 0.212. The summed E-state index contributed by atoms with van der Waals surface area (Å²) in [6.07, 6.45) is 7.29. The lowest BCUT2D eigenvalue weighted by atomic mass is 10.0. The Kier molecular flexibility index (Phi) is 8.41. The van der Waals surface area contributed by atoms with E-state index in [0.29, 0.717) is 11.4 Å². The first-order valence-corrected chi connectivity index (χ1v) is 15.1. The van der Waals surface area contributed by atoms with Gasteiger partial charge in [0.25, 0.3) is 5.91 Å². The number of aromatic amines is 1. The minimum atomic E-state index is -0.121. The van der Waals surface area contributed by atoms with Crippen LogP contribution >= 0.6 is 22.6 Å². The summed E-state index contributed by atoms with van der Waals surface area (Å²) >= 11 is 2.34. The Labute approximate surface area is 259 Å². The Morgan fingerprint density at radius 2 is 1.81 bits per heavy atom. The first-order chi connectivity index (χ1) is 20.4. The van der Waals surface area contributed by atoms with E-state index in [1.165, 1.54) is 5.56 Å². The summed E-state index contributed by atoms with van der Waals surface area (Å²) in [4.78, 5) is 34.9. The van der Waals surface area contributed by atoms with Gasteiger partial charge in [-0.05, 0) is 95.7 Å². The van der Waals surface area contributed by atoms with Crippen molar-refractivity contribution in [1.82, 2.24) is 29.7 Å². The summed E-state index contributed by atoms with van der Waals surface area (Å²) < 4.78 is 1.11. The van der Waals surface area contributed by atoms with E-state index in [1.54, 1.807) is 18.6 Å². The van der Waals surface area contributed by atoms with Crippen molar-refractivity contribution in [2.75, 3.05) is 38.5 Å². The molecule has 1 saturated heterocycles. The first kappa shape index (κ1) is 28.2. The number of carbonyl (C=O) groups excluding carboxylic acids is 1. The number of H-pyrrole nitrogens is 1. The molecule has 1 fully saturated rings. The number of rotatable bonds is 7. The number of halogens is 1. The van der Waals surface area contributed by atoms with Gasteiger partial charge in [0.1, 0.15) is 0 Å². The number of amides is 1. The quantitative estimate of drug-likeness (QED) is 0.203. The van der Waals surface area contributed by atoms with Crippen LogP contribution in [-0.4, -0.2) is 68.9 Å². The minimum Gasteiger partial charge on any atom is -0.360 e. The van der Waals surface area contributed by atoms with Crippen molar-refractivity contribution in [3.63, 3.8) is 0 Å². The number of benzene rings is 2. The standard InChI is InChI=1S/C33H32IN7O/c1-22-19-37-31(30(22)32-36-13-11-29(39-32)25-4-3-12-35-20-25)23-7-9-27(10-8-23)38-33(42)24-5-6-26(28(34)18-24)21-41-16-14-40(2)15-17-41/h3-13,18-20,37H,14-17,21H2,1-2H3,(H,38,42). The van der Waals surface area contributed by atoms with Crippen LogP contribution in [0.1, 0.15) is 21.5 Å². The van der Waals surface area contributed by atoms with Crippen molar-refractivity contribution in [1.29, 1.82) is 0 Å². The van der Waals surface area contributed by atoms with Crippen molar-refractivity contribution in [3.05, 3.63) is 106 Å². The monoisotopic (exact) mass is 669 g/mol. The lowest BCUT2D eigenvalue weighted by Gasteiger charge is -2.32. The average molecular weight is 670 g/mol. The predicted octanol–water partition coefficient (Wildman–Crippen LogP) is 6.11. The highest BCUT2D eigenvalue weighted by Gasteiger charge is 2.18. The van der Waals surface area contributed by atoms with Gasteiger partial charge >= 0.3 is 0 Å². The molecule has 3 aromatic heterocycles. The molecule has 9 heteroatoms. The Morgan fingerprint density at radius 3 is 2.55 bits per heavy atom. The van der Waals surface area contributed by atoms with E-state index in [-0.39, 0.29) is 5.91 Å². The van der Waals surface area contributed by atoms with Crippen molar-refractivity contribution in [2.24, 2.45) is 0 Å². The molecule has 0 bridgehead atoms. The van der Waals surface area contributed by atoms with Gasteiger partial charge in [0.05, 0.1) is 11.4 Å². The number of piperazine rings is 1. The lowest BCUT2D eigenvalue weighted by Crippen LogP contribution is -2.44. The van der Waals surface area contributed by atoms with Gasteiger partial charge in [-0.25, -0.2) is 9.97 Å². The van der Waals surface area contributed by atoms with Gasteiger partial charge in [-0.2, -0.15) is 0 Å². The first-order valence-electron chi connectivity index (χ1n) is 14.0. The molecule has 5 aromatic rings. The topological polar surface area (TPSA) is 90.0 Å². The van der Waals surface area contributed by atoms with E-state index in [0.717, 1.165) is 75.6 Å². The second-order valence-electron chi connectivity index (χ2n) is 10.6. The van der Waals surface area contributed by atoms with Crippen LogP contribution in [0.15, 0.2) is 85.5 Å². The van der Waals surface area contributed by atoms with Crippen LogP contribution in [0.25, 0.3) is 33.9 Å². The number of aryl methyl sites for hydroxylation is 1. The number of nitrogens with zero attached hydrogens (tertiary/aromatic N) is 5. The van der Waals surface area contributed by atoms with Gasteiger partial charge in [-0.15, -0.1) is 0 Å². The molecule has 42 heavy (non-hydrogen) atoms. The molecule has 2 N–H and O–H groups in total. The molecular formula is C33H32IN7O. The summed E-state index contributed by atoms with van der Waals surface area (Å²) in [5.74, 6) is 0.525. The number of aromatic nitrogens is 4. The van der Waals surface area contributed by atoms with E-state index in [2.05, 4.69) is 65.8 Å². The summed E-state index contributed by atoms with van der Waals surface area (Å²) in [7, 11) is 2.17. The fourth-order valence-electron chi connectivity index (χ4n) is 5.18. The molecule has 0 radical (unpaired) electrons. The third-order valence-corrected chi connectivity index (χ3v) is 8.65. The maximum atomic E-state index is 13.1. The number of pyridine rings is 1. The number of hydrogen-bond donors (Lipinski definition) is 2. The second-order valence-corrected chi connectivity index (χ2v) is 11.8. The van der Waals surface area contributed by atoms with Crippen LogP contribution in [0.3, 0.4) is 0 Å². The molecule has 2 aromatic carbocycles. The minimum absolute atomic E-state index is 0.121. The second kappa shape index (κ2) is 12.5. The summed E-state index contributed by atoms with van der Waals surface area (Å²) in [5.41, 5.74) is 8.32. The van der Waals surface area contributed by atoms with E-state index < -0.39 is 0 Å². The highest BCUT2D eigenvalue weighted by atomic mass is 127. The van der Waals surface area contributed by atoms with E-state index in [4.69, 9.17) is 4.98 Å². The zero-order valence-corrected chi connectivity index (χ0v) is 25.8. The molecule has 1 aliphatic rings. The van der Waals surface area contributed by atoms with Gasteiger partial charge in [0, 0.05) is 83.5 Å². The molecule has 0 saturated carbocycles. The maximum Gasteiger partial charge on any atom is 0.255 e. The van der Waals surface area contributed by atoms with Gasteiger partial charge in [-0.1, -0.05) is 18.2 Å². The van der Waals surface area contributed by atoms with Gasteiger partial charge in [-0.3, -0.25) is 14.7 Å². The van der Waals surface area contributed by atoms with Gasteiger partial charge in [0.2, 0.25) is 0 Å². The Hall–Kier alpha value is -3.93.